The van der Waals surface area contributed by atoms with Gasteiger partial charge in [-0.05, 0) is 0 Å². The molecule has 0 aromatic carbocycles. The van der Waals surface area contributed by atoms with Gasteiger partial charge in [-0.25, -0.2) is 0 Å². The number of aliphatic hydroxyl groups is 3. The molecule has 6 heteroatoms. The van der Waals surface area contributed by atoms with Crippen LogP contribution in [0.3, 0.4) is 0 Å². The zero-order valence-electron chi connectivity index (χ0n) is 7.79. The molecule has 14 heavy (non-hydrogen) atoms. The Morgan fingerprint density at radius 3 is 2.64 bits per heavy atom. The molecule has 1 heterocycles. The number of hydrogen-bond acceptors (Lipinski definition) is 6. The summed E-state index contributed by atoms with van der Waals surface area (Å²) in [4.78, 5) is 10.5. The third-order valence-electron chi connectivity index (χ3n) is 2.06. The third kappa shape index (κ3) is 2.65. The van der Waals surface area contributed by atoms with Gasteiger partial charge in [0, 0.05) is 6.92 Å². The van der Waals surface area contributed by atoms with Gasteiger partial charge in [0.05, 0.1) is 6.61 Å². The molecule has 4 atom stereocenters. The second-order valence-electron chi connectivity index (χ2n) is 3.22. The Labute approximate surface area is 81.1 Å². The predicted octanol–water partition coefficient (Wildman–Crippen LogP) is -1.97. The van der Waals surface area contributed by atoms with E-state index in [2.05, 4.69) is 4.74 Å². The van der Waals surface area contributed by atoms with Gasteiger partial charge in [-0.2, -0.15) is 0 Å². The molecule has 1 aliphatic heterocycles. The van der Waals surface area contributed by atoms with Crippen LogP contribution < -0.4 is 0 Å². The summed E-state index contributed by atoms with van der Waals surface area (Å²) in [7, 11) is 0. The monoisotopic (exact) mass is 206 g/mol. The SMILES string of the molecule is CC(=O)OCC1OCC(O)C(O)C1O. The quantitative estimate of drug-likeness (QED) is 0.454. The average Bonchev–Trinajstić information content (AvgIpc) is 2.13. The highest BCUT2D eigenvalue weighted by Crippen LogP contribution is 2.15. The Balaban J connectivity index is 2.42. The van der Waals surface area contributed by atoms with Crippen molar-refractivity contribution in [2.24, 2.45) is 0 Å². The summed E-state index contributed by atoms with van der Waals surface area (Å²) in [5, 5.41) is 27.8. The molecule has 0 bridgehead atoms. The molecule has 0 aliphatic carbocycles. The highest BCUT2D eigenvalue weighted by atomic mass is 16.6. The molecule has 1 fully saturated rings. The summed E-state index contributed by atoms with van der Waals surface area (Å²) in [6.45, 7) is 1.03. The highest BCUT2D eigenvalue weighted by Gasteiger charge is 2.37. The van der Waals surface area contributed by atoms with Gasteiger partial charge in [0.1, 0.15) is 31.0 Å². The van der Waals surface area contributed by atoms with Gasteiger partial charge in [-0.15, -0.1) is 0 Å². The van der Waals surface area contributed by atoms with E-state index in [1.54, 1.807) is 0 Å². The zero-order valence-corrected chi connectivity index (χ0v) is 7.79. The molecule has 0 spiro atoms. The maximum atomic E-state index is 10.5. The Kier molecular flexibility index (Phi) is 3.82. The molecular weight excluding hydrogens is 192 g/mol. The van der Waals surface area contributed by atoms with E-state index in [1.807, 2.05) is 0 Å². The first kappa shape index (κ1) is 11.4. The molecule has 1 aliphatic rings. The molecule has 0 radical (unpaired) electrons. The Morgan fingerprint density at radius 2 is 2.07 bits per heavy atom. The molecule has 0 amide bonds. The van der Waals surface area contributed by atoms with Crippen LogP contribution in [0.4, 0.5) is 0 Å². The van der Waals surface area contributed by atoms with Crippen LogP contribution in [0.5, 0.6) is 0 Å². The van der Waals surface area contributed by atoms with Crippen molar-refractivity contribution in [3.8, 4) is 0 Å². The minimum Gasteiger partial charge on any atom is -0.463 e. The van der Waals surface area contributed by atoms with E-state index in [0.717, 1.165) is 0 Å². The lowest BCUT2D eigenvalue weighted by Gasteiger charge is -2.34. The maximum Gasteiger partial charge on any atom is 0.302 e. The smallest absolute Gasteiger partial charge is 0.302 e. The van der Waals surface area contributed by atoms with Crippen LogP contribution >= 0.6 is 0 Å². The summed E-state index contributed by atoms with van der Waals surface area (Å²) in [5.41, 5.74) is 0. The molecular formula is C8H14O6. The fourth-order valence-corrected chi connectivity index (χ4v) is 1.21. The zero-order chi connectivity index (χ0) is 10.7. The molecule has 1 saturated heterocycles. The van der Waals surface area contributed by atoms with E-state index in [4.69, 9.17) is 9.84 Å². The van der Waals surface area contributed by atoms with Crippen molar-refractivity contribution in [2.75, 3.05) is 13.2 Å². The van der Waals surface area contributed by atoms with E-state index in [1.165, 1.54) is 6.92 Å². The first-order valence-electron chi connectivity index (χ1n) is 4.31. The summed E-state index contributed by atoms with van der Waals surface area (Å²) >= 11 is 0. The molecule has 0 saturated carbocycles. The van der Waals surface area contributed by atoms with Gasteiger partial charge in [-0.3, -0.25) is 4.79 Å². The van der Waals surface area contributed by atoms with Crippen LogP contribution in [0.1, 0.15) is 6.92 Å². The number of hydrogen-bond donors (Lipinski definition) is 3. The molecule has 4 unspecified atom stereocenters. The summed E-state index contributed by atoms with van der Waals surface area (Å²) < 4.78 is 9.60. The van der Waals surface area contributed by atoms with Crippen molar-refractivity contribution >= 4 is 5.97 Å². The third-order valence-corrected chi connectivity index (χ3v) is 2.06. The standard InChI is InChI=1S/C8H14O6/c1-4(9)13-3-6-8(12)7(11)5(10)2-14-6/h5-8,10-12H,2-3H2,1H3. The van der Waals surface area contributed by atoms with Gasteiger partial charge < -0.3 is 24.8 Å². The highest BCUT2D eigenvalue weighted by molar-refractivity contribution is 5.65. The van der Waals surface area contributed by atoms with E-state index in [0.29, 0.717) is 0 Å². The van der Waals surface area contributed by atoms with Crippen molar-refractivity contribution in [2.45, 2.75) is 31.3 Å². The van der Waals surface area contributed by atoms with Crippen molar-refractivity contribution in [3.05, 3.63) is 0 Å². The van der Waals surface area contributed by atoms with Crippen LogP contribution in [0.25, 0.3) is 0 Å². The molecule has 3 N–H and O–H groups in total. The van der Waals surface area contributed by atoms with Crippen molar-refractivity contribution < 1.29 is 29.6 Å². The number of aliphatic hydroxyl groups excluding tert-OH is 3. The van der Waals surface area contributed by atoms with Crippen molar-refractivity contribution in [1.82, 2.24) is 0 Å². The molecule has 0 aromatic rings. The minimum absolute atomic E-state index is 0.0792. The molecule has 1 rings (SSSR count). The topological polar surface area (TPSA) is 96.2 Å². The fraction of sp³-hybridized carbons (Fsp3) is 0.875. The van der Waals surface area contributed by atoms with Gasteiger partial charge >= 0.3 is 5.97 Å². The van der Waals surface area contributed by atoms with E-state index in [-0.39, 0.29) is 13.2 Å². The van der Waals surface area contributed by atoms with Gasteiger partial charge in [0.25, 0.3) is 0 Å². The molecule has 82 valence electrons. The summed E-state index contributed by atoms with van der Waals surface area (Å²) in [6.07, 6.45) is -4.38. The Bertz CT molecular complexity index is 206. The minimum atomic E-state index is -1.26. The largest absolute Gasteiger partial charge is 0.463 e. The number of carbonyl (C=O) groups excluding carboxylic acids is 1. The molecule has 6 nitrogen and oxygen atoms in total. The first-order valence-corrected chi connectivity index (χ1v) is 4.31. The van der Waals surface area contributed by atoms with E-state index < -0.39 is 30.4 Å². The average molecular weight is 206 g/mol. The Morgan fingerprint density at radius 1 is 1.43 bits per heavy atom. The second-order valence-corrected chi connectivity index (χ2v) is 3.22. The lowest BCUT2D eigenvalue weighted by atomic mass is 10.0. The van der Waals surface area contributed by atoms with Gasteiger partial charge in [0.2, 0.25) is 0 Å². The van der Waals surface area contributed by atoms with Crippen LogP contribution in [0.2, 0.25) is 0 Å². The van der Waals surface area contributed by atoms with Crippen LogP contribution in [-0.2, 0) is 14.3 Å². The summed E-state index contributed by atoms with van der Waals surface area (Å²) in [5.74, 6) is -0.485. The van der Waals surface area contributed by atoms with E-state index >= 15 is 0 Å². The normalized spacial score (nSPS) is 38.0. The van der Waals surface area contributed by atoms with Crippen LogP contribution in [0, 0.1) is 0 Å². The summed E-state index contributed by atoms with van der Waals surface area (Å²) in [6, 6.07) is 0. The lowest BCUT2D eigenvalue weighted by Crippen LogP contribution is -2.54. The first-order chi connectivity index (χ1) is 6.52. The van der Waals surface area contributed by atoms with Gasteiger partial charge in [0.15, 0.2) is 0 Å². The van der Waals surface area contributed by atoms with Crippen LogP contribution in [-0.4, -0.2) is 58.9 Å². The molecule has 0 aromatic heterocycles. The lowest BCUT2D eigenvalue weighted by molar-refractivity contribution is -0.200. The number of carbonyl (C=O) groups is 1. The maximum absolute atomic E-state index is 10.5. The predicted molar refractivity (Wildman–Crippen MR) is 44.4 cm³/mol. The van der Waals surface area contributed by atoms with Crippen molar-refractivity contribution in [1.29, 1.82) is 0 Å². The number of ether oxygens (including phenoxy) is 2. The second kappa shape index (κ2) is 4.70. The van der Waals surface area contributed by atoms with Crippen LogP contribution in [0.15, 0.2) is 0 Å². The number of esters is 1. The van der Waals surface area contributed by atoms with Crippen molar-refractivity contribution in [3.63, 3.8) is 0 Å². The fourth-order valence-electron chi connectivity index (χ4n) is 1.21. The Hall–Kier alpha value is -0.690. The number of rotatable bonds is 2. The van der Waals surface area contributed by atoms with E-state index in [9.17, 15) is 15.0 Å². The van der Waals surface area contributed by atoms with Gasteiger partial charge in [-0.1, -0.05) is 0 Å².